The first-order valence-corrected chi connectivity index (χ1v) is 6.92. The van der Waals surface area contributed by atoms with Gasteiger partial charge < -0.3 is 4.74 Å². The van der Waals surface area contributed by atoms with Gasteiger partial charge >= 0.3 is 5.97 Å². The summed E-state index contributed by atoms with van der Waals surface area (Å²) in [6.07, 6.45) is 5.13. The van der Waals surface area contributed by atoms with Gasteiger partial charge in [-0.15, -0.1) is 0 Å². The molecule has 1 aromatic heterocycles. The van der Waals surface area contributed by atoms with E-state index in [-0.39, 0.29) is 11.9 Å². The number of carbonyl (C=O) groups is 1. The van der Waals surface area contributed by atoms with Gasteiger partial charge in [0, 0.05) is 13.1 Å². The van der Waals surface area contributed by atoms with Gasteiger partial charge in [-0.2, -0.15) is 0 Å². The van der Waals surface area contributed by atoms with E-state index in [4.69, 9.17) is 16.3 Å². The van der Waals surface area contributed by atoms with Crippen LogP contribution in [-0.2, 0) is 16.1 Å². The molecule has 0 aliphatic carbocycles. The van der Waals surface area contributed by atoms with E-state index in [0.717, 1.165) is 31.6 Å². The maximum atomic E-state index is 11.7. The Morgan fingerprint density at radius 2 is 2.37 bits per heavy atom. The van der Waals surface area contributed by atoms with Gasteiger partial charge in [0.1, 0.15) is 5.15 Å². The van der Waals surface area contributed by atoms with Gasteiger partial charge in [-0.3, -0.25) is 14.7 Å². The lowest BCUT2D eigenvalue weighted by atomic mass is 9.98. The summed E-state index contributed by atoms with van der Waals surface area (Å²) < 4.78 is 5.08. The van der Waals surface area contributed by atoms with Crippen molar-refractivity contribution in [1.29, 1.82) is 0 Å². The second kappa shape index (κ2) is 6.82. The van der Waals surface area contributed by atoms with E-state index in [0.29, 0.717) is 18.3 Å². The molecule has 0 bridgehead atoms. The fourth-order valence-electron chi connectivity index (χ4n) is 2.30. The number of aromatic nitrogens is 2. The molecule has 0 spiro atoms. The minimum absolute atomic E-state index is 0.0195. The molecule has 19 heavy (non-hydrogen) atoms. The summed E-state index contributed by atoms with van der Waals surface area (Å²) >= 11 is 5.71. The van der Waals surface area contributed by atoms with E-state index in [2.05, 4.69) is 14.9 Å². The van der Waals surface area contributed by atoms with Gasteiger partial charge in [0.2, 0.25) is 0 Å². The summed E-state index contributed by atoms with van der Waals surface area (Å²) in [4.78, 5) is 22.2. The monoisotopic (exact) mass is 283 g/mol. The van der Waals surface area contributed by atoms with E-state index in [9.17, 15) is 4.79 Å². The van der Waals surface area contributed by atoms with Crippen LogP contribution in [-0.4, -0.2) is 40.5 Å². The second-order valence-electron chi connectivity index (χ2n) is 4.66. The normalized spacial score (nSPS) is 20.2. The minimum Gasteiger partial charge on any atom is -0.466 e. The van der Waals surface area contributed by atoms with Gasteiger partial charge in [0.15, 0.2) is 0 Å². The average Bonchev–Trinajstić information content (AvgIpc) is 2.42. The summed E-state index contributed by atoms with van der Waals surface area (Å²) in [6, 6.07) is 0. The van der Waals surface area contributed by atoms with Crippen molar-refractivity contribution in [2.24, 2.45) is 5.92 Å². The molecule has 1 atom stereocenters. The third-order valence-corrected chi connectivity index (χ3v) is 3.38. The topological polar surface area (TPSA) is 55.3 Å². The van der Waals surface area contributed by atoms with Crippen LogP contribution in [0, 0.1) is 5.92 Å². The van der Waals surface area contributed by atoms with Crippen LogP contribution in [0.25, 0.3) is 0 Å². The largest absolute Gasteiger partial charge is 0.466 e. The van der Waals surface area contributed by atoms with Crippen LogP contribution < -0.4 is 0 Å². The number of piperidine rings is 1. The zero-order valence-corrected chi connectivity index (χ0v) is 11.8. The van der Waals surface area contributed by atoms with E-state index in [1.807, 2.05) is 6.92 Å². The molecule has 2 heterocycles. The molecule has 5 nitrogen and oxygen atoms in total. The van der Waals surface area contributed by atoms with E-state index >= 15 is 0 Å². The molecule has 1 saturated heterocycles. The van der Waals surface area contributed by atoms with Crippen molar-refractivity contribution in [2.75, 3.05) is 19.7 Å². The van der Waals surface area contributed by atoms with Crippen LogP contribution in [0.1, 0.15) is 25.5 Å². The number of halogens is 1. The number of nitrogens with zero attached hydrogens (tertiary/aromatic N) is 3. The molecule has 0 radical (unpaired) electrons. The Bertz CT molecular complexity index is 424. The van der Waals surface area contributed by atoms with Crippen molar-refractivity contribution in [3.63, 3.8) is 0 Å². The van der Waals surface area contributed by atoms with Crippen molar-refractivity contribution in [2.45, 2.75) is 26.3 Å². The lowest BCUT2D eigenvalue weighted by Crippen LogP contribution is -2.39. The smallest absolute Gasteiger partial charge is 0.310 e. The molecule has 1 aromatic rings. The van der Waals surface area contributed by atoms with Crippen molar-refractivity contribution < 1.29 is 9.53 Å². The summed E-state index contributed by atoms with van der Waals surface area (Å²) in [5.74, 6) is -0.108. The number of hydrogen-bond acceptors (Lipinski definition) is 5. The summed E-state index contributed by atoms with van der Waals surface area (Å²) in [6.45, 7) is 4.67. The van der Waals surface area contributed by atoms with E-state index in [1.54, 1.807) is 12.4 Å². The maximum absolute atomic E-state index is 11.7. The van der Waals surface area contributed by atoms with Crippen LogP contribution in [0.4, 0.5) is 0 Å². The van der Waals surface area contributed by atoms with Crippen LogP contribution in [0.15, 0.2) is 12.4 Å². The molecular weight excluding hydrogens is 266 g/mol. The van der Waals surface area contributed by atoms with E-state index < -0.39 is 0 Å². The first-order valence-electron chi connectivity index (χ1n) is 6.54. The average molecular weight is 284 g/mol. The maximum Gasteiger partial charge on any atom is 0.310 e. The summed E-state index contributed by atoms with van der Waals surface area (Å²) in [5.41, 5.74) is 0.869. The molecule has 1 aliphatic heterocycles. The van der Waals surface area contributed by atoms with Crippen molar-refractivity contribution in [3.05, 3.63) is 23.2 Å². The number of hydrogen-bond donors (Lipinski definition) is 0. The van der Waals surface area contributed by atoms with Gasteiger partial charge in [0.05, 0.1) is 30.6 Å². The van der Waals surface area contributed by atoms with Crippen LogP contribution >= 0.6 is 11.6 Å². The van der Waals surface area contributed by atoms with Crippen molar-refractivity contribution >= 4 is 17.6 Å². The highest BCUT2D eigenvalue weighted by Crippen LogP contribution is 2.19. The molecule has 0 saturated carbocycles. The highest BCUT2D eigenvalue weighted by molar-refractivity contribution is 6.29. The van der Waals surface area contributed by atoms with Crippen LogP contribution in [0.2, 0.25) is 5.15 Å². The molecule has 0 aromatic carbocycles. The van der Waals surface area contributed by atoms with Gasteiger partial charge in [-0.05, 0) is 26.3 Å². The Labute approximate surface area is 117 Å². The molecule has 1 fully saturated rings. The highest BCUT2D eigenvalue weighted by atomic mass is 35.5. The number of ether oxygens (including phenoxy) is 1. The first kappa shape index (κ1) is 14.2. The molecule has 2 rings (SSSR count). The molecule has 6 heteroatoms. The Kier molecular flexibility index (Phi) is 5.10. The highest BCUT2D eigenvalue weighted by Gasteiger charge is 2.26. The number of esters is 1. The molecule has 104 valence electrons. The first-order chi connectivity index (χ1) is 9.19. The van der Waals surface area contributed by atoms with E-state index in [1.165, 1.54) is 0 Å². The lowest BCUT2D eigenvalue weighted by Gasteiger charge is -2.31. The Balaban J connectivity index is 1.90. The summed E-state index contributed by atoms with van der Waals surface area (Å²) in [7, 11) is 0. The van der Waals surface area contributed by atoms with Crippen molar-refractivity contribution in [3.8, 4) is 0 Å². The number of carbonyl (C=O) groups excluding carboxylic acids is 1. The molecular formula is C13H18ClN3O2. The quantitative estimate of drug-likeness (QED) is 0.790. The standard InChI is InChI=1S/C13H18ClN3O2/c1-2-19-13(18)10-4-3-5-17(8-10)9-11-6-16-12(14)7-15-11/h6-7,10H,2-5,8-9H2,1H3/t10-/m1/s1. The fourth-order valence-corrected chi connectivity index (χ4v) is 2.40. The molecule has 0 unspecified atom stereocenters. The minimum atomic E-state index is -0.0885. The zero-order chi connectivity index (χ0) is 13.7. The Morgan fingerprint density at radius 3 is 3.05 bits per heavy atom. The predicted octanol–water partition coefficient (Wildman–Crippen LogP) is 1.91. The number of rotatable bonds is 4. The third kappa shape index (κ3) is 4.14. The SMILES string of the molecule is CCOC(=O)[C@@H]1CCCN(Cc2cnc(Cl)cn2)C1. The van der Waals surface area contributed by atoms with Crippen LogP contribution in [0.3, 0.4) is 0 Å². The molecule has 0 N–H and O–H groups in total. The lowest BCUT2D eigenvalue weighted by molar-refractivity contribution is -0.150. The van der Waals surface area contributed by atoms with Gasteiger partial charge in [-0.1, -0.05) is 11.6 Å². The number of likely N-dealkylation sites (tertiary alicyclic amines) is 1. The fraction of sp³-hybridized carbons (Fsp3) is 0.615. The van der Waals surface area contributed by atoms with Gasteiger partial charge in [-0.25, -0.2) is 4.98 Å². The summed E-state index contributed by atoms with van der Waals surface area (Å²) in [5, 5.41) is 0.395. The van der Waals surface area contributed by atoms with Gasteiger partial charge in [0.25, 0.3) is 0 Å². The predicted molar refractivity (Wildman–Crippen MR) is 71.7 cm³/mol. The molecule has 0 amide bonds. The zero-order valence-electron chi connectivity index (χ0n) is 11.0. The van der Waals surface area contributed by atoms with Crippen molar-refractivity contribution in [1.82, 2.24) is 14.9 Å². The second-order valence-corrected chi connectivity index (χ2v) is 5.04. The molecule has 1 aliphatic rings. The third-order valence-electron chi connectivity index (χ3n) is 3.18. The Hall–Kier alpha value is -1.20. The Morgan fingerprint density at radius 1 is 1.53 bits per heavy atom. The van der Waals surface area contributed by atoms with Crippen LogP contribution in [0.5, 0.6) is 0 Å².